The van der Waals surface area contributed by atoms with Crippen LogP contribution in [0, 0.1) is 12.3 Å². The first kappa shape index (κ1) is 22.4. The highest BCUT2D eigenvalue weighted by Gasteiger charge is 2.20. The van der Waals surface area contributed by atoms with Crippen molar-refractivity contribution in [2.24, 2.45) is 0 Å². The Balaban J connectivity index is 1.92. The average Bonchev–Trinajstić information content (AvgIpc) is 2.81. The molecule has 6 heteroatoms. The van der Waals surface area contributed by atoms with Gasteiger partial charge in [-0.15, -0.1) is 6.42 Å². The Kier molecular flexibility index (Phi) is 7.69. The lowest BCUT2D eigenvalue weighted by molar-refractivity contribution is -0.140. The van der Waals surface area contributed by atoms with Gasteiger partial charge in [-0.2, -0.15) is 0 Å². The maximum absolute atomic E-state index is 11.8. The van der Waals surface area contributed by atoms with E-state index in [0.717, 1.165) is 32.8 Å². The number of anilines is 2. The molecule has 3 aromatic rings. The molecule has 0 aliphatic heterocycles. The van der Waals surface area contributed by atoms with E-state index >= 15 is 0 Å². The monoisotopic (exact) mass is 434 g/mol. The van der Waals surface area contributed by atoms with Crippen LogP contribution in [0.2, 0.25) is 0 Å². The van der Waals surface area contributed by atoms with Crippen LogP contribution in [0.4, 0.5) is 11.4 Å². The van der Waals surface area contributed by atoms with E-state index in [-0.39, 0.29) is 18.4 Å². The van der Waals surface area contributed by atoms with Gasteiger partial charge < -0.3 is 19.1 Å². The summed E-state index contributed by atoms with van der Waals surface area (Å²) in [6.07, 6.45) is 5.91. The van der Waals surface area contributed by atoms with Crippen LogP contribution < -0.4 is 14.4 Å². The number of benzene rings is 3. The third kappa shape index (κ3) is 5.44. The van der Waals surface area contributed by atoms with Crippen LogP contribution in [-0.2, 0) is 9.53 Å². The van der Waals surface area contributed by atoms with Crippen LogP contribution in [-0.4, -0.2) is 32.8 Å². The van der Waals surface area contributed by atoms with E-state index < -0.39 is 0 Å². The smallest absolute Gasteiger partial charge is 0.307 e. The summed E-state index contributed by atoms with van der Waals surface area (Å²) in [4.78, 5) is 14.9. The second-order valence-electron chi connectivity index (χ2n) is 7.02. The minimum absolute atomic E-state index is 0.100. The predicted molar refractivity (Wildman–Crippen MR) is 129 cm³/mol. The standard InChI is InChI=1S/C25H26N2O3S/c1-5-15-27(18(2)16-25(28)30-4)24-14-13-23(21-11-6-7-12-22(21)24)26-31-20-10-8-9-19(17-20)29-3/h1,6-14,17-18,26H,15-16H2,2-4H3. The SMILES string of the molecule is C#CCN(c1ccc(NSc2cccc(OC)c2)c2ccccc12)C(C)CC(=O)OC. The Bertz CT molecular complexity index is 1090. The van der Waals surface area contributed by atoms with Crippen molar-refractivity contribution in [1.82, 2.24) is 0 Å². The van der Waals surface area contributed by atoms with Crippen molar-refractivity contribution >= 4 is 40.1 Å². The Morgan fingerprint density at radius 1 is 1.13 bits per heavy atom. The average molecular weight is 435 g/mol. The molecule has 0 fully saturated rings. The van der Waals surface area contributed by atoms with E-state index in [1.807, 2.05) is 55.5 Å². The van der Waals surface area contributed by atoms with Crippen LogP contribution in [0.3, 0.4) is 0 Å². The molecule has 0 saturated heterocycles. The highest BCUT2D eigenvalue weighted by molar-refractivity contribution is 8.00. The largest absolute Gasteiger partial charge is 0.497 e. The fourth-order valence-corrected chi connectivity index (χ4v) is 4.14. The van der Waals surface area contributed by atoms with Gasteiger partial charge in [0.2, 0.25) is 0 Å². The van der Waals surface area contributed by atoms with Crippen LogP contribution >= 0.6 is 11.9 Å². The molecular formula is C25H26N2O3S. The second kappa shape index (κ2) is 10.6. The van der Waals surface area contributed by atoms with Crippen molar-refractivity contribution in [3.05, 3.63) is 60.7 Å². The van der Waals surface area contributed by atoms with Gasteiger partial charge in [0, 0.05) is 27.4 Å². The van der Waals surface area contributed by atoms with Gasteiger partial charge >= 0.3 is 5.97 Å². The van der Waals surface area contributed by atoms with Crippen LogP contribution in [0.25, 0.3) is 10.8 Å². The Hall–Kier alpha value is -3.30. The highest BCUT2D eigenvalue weighted by atomic mass is 32.2. The van der Waals surface area contributed by atoms with Gasteiger partial charge in [-0.1, -0.05) is 36.3 Å². The molecule has 0 bridgehead atoms. The maximum atomic E-state index is 11.8. The summed E-state index contributed by atoms with van der Waals surface area (Å²) in [6.45, 7) is 2.38. The molecule has 0 heterocycles. The quantitative estimate of drug-likeness (QED) is 0.278. The second-order valence-corrected chi connectivity index (χ2v) is 7.90. The fraction of sp³-hybridized carbons (Fsp3) is 0.240. The molecule has 160 valence electrons. The summed E-state index contributed by atoms with van der Waals surface area (Å²) >= 11 is 1.52. The molecule has 0 saturated carbocycles. The lowest BCUT2D eigenvalue weighted by atomic mass is 10.0. The van der Waals surface area contributed by atoms with Crippen molar-refractivity contribution in [2.75, 3.05) is 30.4 Å². The molecule has 31 heavy (non-hydrogen) atoms. The van der Waals surface area contributed by atoms with Gasteiger partial charge in [-0.3, -0.25) is 4.79 Å². The first-order valence-corrected chi connectivity index (χ1v) is 10.7. The number of fused-ring (bicyclic) bond motifs is 1. The maximum Gasteiger partial charge on any atom is 0.307 e. The van der Waals surface area contributed by atoms with E-state index in [1.54, 1.807) is 7.11 Å². The summed E-state index contributed by atoms with van der Waals surface area (Å²) in [5.41, 5.74) is 1.98. The van der Waals surface area contributed by atoms with Gasteiger partial charge in [0.1, 0.15) is 5.75 Å². The number of ether oxygens (including phenoxy) is 2. The molecule has 0 spiro atoms. The summed E-state index contributed by atoms with van der Waals surface area (Å²) in [5.74, 6) is 3.28. The van der Waals surface area contributed by atoms with E-state index in [2.05, 4.69) is 27.7 Å². The fourth-order valence-electron chi connectivity index (χ4n) is 3.41. The molecule has 0 aliphatic rings. The van der Waals surface area contributed by atoms with Gasteiger partial charge in [0.05, 0.1) is 32.9 Å². The Morgan fingerprint density at radius 3 is 2.61 bits per heavy atom. The first-order valence-electron chi connectivity index (χ1n) is 9.93. The van der Waals surface area contributed by atoms with Gasteiger partial charge in [0.15, 0.2) is 0 Å². The first-order chi connectivity index (χ1) is 15.1. The minimum atomic E-state index is -0.258. The summed E-state index contributed by atoms with van der Waals surface area (Å²) in [7, 11) is 3.06. The molecule has 0 amide bonds. The summed E-state index contributed by atoms with van der Waals surface area (Å²) in [5, 5.41) is 2.13. The lowest BCUT2D eigenvalue weighted by Gasteiger charge is -2.30. The van der Waals surface area contributed by atoms with Crippen LogP contribution in [0.15, 0.2) is 65.6 Å². The topological polar surface area (TPSA) is 50.8 Å². The normalized spacial score (nSPS) is 11.4. The summed E-state index contributed by atoms with van der Waals surface area (Å²) < 4.78 is 13.6. The third-order valence-corrected chi connectivity index (χ3v) is 5.83. The van der Waals surface area contributed by atoms with Crippen molar-refractivity contribution in [3.8, 4) is 18.1 Å². The van der Waals surface area contributed by atoms with Gasteiger partial charge in [-0.05, 0) is 49.2 Å². The number of esters is 1. The van der Waals surface area contributed by atoms with Crippen molar-refractivity contribution in [2.45, 2.75) is 24.3 Å². The molecule has 0 aromatic heterocycles. The lowest BCUT2D eigenvalue weighted by Crippen LogP contribution is -2.35. The van der Waals surface area contributed by atoms with E-state index in [4.69, 9.17) is 15.9 Å². The zero-order chi connectivity index (χ0) is 22.2. The number of carbonyl (C=O) groups is 1. The van der Waals surface area contributed by atoms with Gasteiger partial charge in [0.25, 0.3) is 0 Å². The molecule has 5 nitrogen and oxygen atoms in total. The number of hydrogen-bond donors (Lipinski definition) is 1. The number of nitrogens with zero attached hydrogens (tertiary/aromatic N) is 1. The van der Waals surface area contributed by atoms with Crippen molar-refractivity contribution in [1.29, 1.82) is 0 Å². The Labute approximate surface area is 187 Å². The predicted octanol–water partition coefficient (Wildman–Crippen LogP) is 5.36. The molecule has 1 atom stereocenters. The molecule has 3 aromatic carbocycles. The number of carbonyl (C=O) groups excluding carboxylic acids is 1. The molecule has 0 aliphatic carbocycles. The molecule has 0 radical (unpaired) electrons. The number of hydrogen-bond acceptors (Lipinski definition) is 6. The van der Waals surface area contributed by atoms with E-state index in [0.29, 0.717) is 6.54 Å². The van der Waals surface area contributed by atoms with Crippen molar-refractivity contribution < 1.29 is 14.3 Å². The van der Waals surface area contributed by atoms with E-state index in [9.17, 15) is 4.79 Å². The molecular weight excluding hydrogens is 408 g/mol. The van der Waals surface area contributed by atoms with Gasteiger partial charge in [-0.25, -0.2) is 0 Å². The molecule has 3 rings (SSSR count). The minimum Gasteiger partial charge on any atom is -0.497 e. The number of rotatable bonds is 9. The van der Waals surface area contributed by atoms with Crippen LogP contribution in [0.1, 0.15) is 13.3 Å². The summed E-state index contributed by atoms with van der Waals surface area (Å²) in [6, 6.07) is 20.0. The molecule has 1 unspecified atom stereocenters. The molecule has 1 N–H and O–H groups in total. The number of methoxy groups -OCH3 is 2. The van der Waals surface area contributed by atoms with Crippen LogP contribution in [0.5, 0.6) is 5.75 Å². The zero-order valence-corrected chi connectivity index (χ0v) is 18.7. The zero-order valence-electron chi connectivity index (χ0n) is 17.9. The highest BCUT2D eigenvalue weighted by Crippen LogP contribution is 2.36. The van der Waals surface area contributed by atoms with E-state index in [1.165, 1.54) is 19.1 Å². The third-order valence-electron chi connectivity index (χ3n) is 5.01. The number of nitrogens with one attached hydrogen (secondary N) is 1. The van der Waals surface area contributed by atoms with Crippen molar-refractivity contribution in [3.63, 3.8) is 0 Å². The number of terminal acetylenes is 1. The Morgan fingerprint density at radius 2 is 1.90 bits per heavy atom.